The van der Waals surface area contributed by atoms with E-state index in [1.807, 2.05) is 25.2 Å². The molecular formula is C16H26N2O2. The molecule has 1 aromatic rings. The Balaban J connectivity index is 1.88. The summed E-state index contributed by atoms with van der Waals surface area (Å²) in [7, 11) is 1.95. The van der Waals surface area contributed by atoms with E-state index >= 15 is 0 Å². The third kappa shape index (κ3) is 4.20. The third-order valence-electron chi connectivity index (χ3n) is 3.67. The van der Waals surface area contributed by atoms with Crippen molar-refractivity contribution in [2.24, 2.45) is 0 Å². The fourth-order valence-electron chi connectivity index (χ4n) is 2.48. The molecule has 0 aliphatic carbocycles. The molecule has 1 unspecified atom stereocenters. The summed E-state index contributed by atoms with van der Waals surface area (Å²) >= 11 is 0. The molecule has 0 bridgehead atoms. The molecule has 20 heavy (non-hydrogen) atoms. The van der Waals surface area contributed by atoms with Crippen LogP contribution in [0.1, 0.15) is 19.4 Å². The first-order valence-corrected chi connectivity index (χ1v) is 7.41. The van der Waals surface area contributed by atoms with Crippen LogP contribution in [0.5, 0.6) is 5.75 Å². The summed E-state index contributed by atoms with van der Waals surface area (Å²) < 4.78 is 11.8. The quantitative estimate of drug-likeness (QED) is 0.861. The van der Waals surface area contributed by atoms with E-state index < -0.39 is 0 Å². The van der Waals surface area contributed by atoms with Gasteiger partial charge in [-0.1, -0.05) is 18.2 Å². The lowest BCUT2D eigenvalue weighted by Gasteiger charge is -2.35. The highest BCUT2D eigenvalue weighted by Gasteiger charge is 2.22. The molecule has 0 radical (unpaired) electrons. The van der Waals surface area contributed by atoms with Gasteiger partial charge >= 0.3 is 0 Å². The summed E-state index contributed by atoms with van der Waals surface area (Å²) in [6.45, 7) is 8.65. The lowest BCUT2D eigenvalue weighted by atomic mass is 10.2. The number of ether oxygens (including phenoxy) is 2. The van der Waals surface area contributed by atoms with Crippen molar-refractivity contribution in [3.05, 3.63) is 29.8 Å². The van der Waals surface area contributed by atoms with Gasteiger partial charge in [0.2, 0.25) is 0 Å². The zero-order valence-electron chi connectivity index (χ0n) is 12.8. The van der Waals surface area contributed by atoms with Gasteiger partial charge < -0.3 is 14.8 Å². The minimum absolute atomic E-state index is 0.161. The predicted octanol–water partition coefficient (Wildman–Crippen LogP) is 1.89. The van der Waals surface area contributed by atoms with Gasteiger partial charge in [-0.15, -0.1) is 0 Å². The van der Waals surface area contributed by atoms with Crippen molar-refractivity contribution in [1.29, 1.82) is 0 Å². The number of hydrogen-bond acceptors (Lipinski definition) is 4. The summed E-state index contributed by atoms with van der Waals surface area (Å²) in [6.07, 6.45) is 0.161. The van der Waals surface area contributed by atoms with Gasteiger partial charge in [-0.2, -0.15) is 0 Å². The van der Waals surface area contributed by atoms with E-state index in [9.17, 15) is 0 Å². The summed E-state index contributed by atoms with van der Waals surface area (Å²) in [6, 6.07) is 8.73. The summed E-state index contributed by atoms with van der Waals surface area (Å²) in [5.41, 5.74) is 1.19. The highest BCUT2D eigenvalue weighted by Crippen LogP contribution is 2.19. The monoisotopic (exact) mass is 278 g/mol. The molecule has 1 atom stereocenters. The molecule has 1 fully saturated rings. The number of nitrogens with one attached hydrogen (secondary N) is 1. The molecule has 4 nitrogen and oxygen atoms in total. The summed E-state index contributed by atoms with van der Waals surface area (Å²) in [5.74, 6) is 0.951. The Bertz CT molecular complexity index is 409. The SMILES string of the molecule is CNCc1ccccc1OCC1CN(C(C)C)CCO1. The van der Waals surface area contributed by atoms with Crippen LogP contribution < -0.4 is 10.1 Å². The number of nitrogens with zero attached hydrogens (tertiary/aromatic N) is 1. The molecule has 0 spiro atoms. The second-order valence-electron chi connectivity index (χ2n) is 5.53. The zero-order valence-corrected chi connectivity index (χ0v) is 12.8. The second kappa shape index (κ2) is 7.62. The standard InChI is InChI=1S/C16H26N2O2/c1-13(2)18-8-9-19-15(11-18)12-20-16-7-5-4-6-14(16)10-17-3/h4-7,13,15,17H,8-12H2,1-3H3. The molecule has 0 saturated carbocycles. The molecule has 112 valence electrons. The van der Waals surface area contributed by atoms with E-state index in [1.165, 1.54) is 5.56 Å². The summed E-state index contributed by atoms with van der Waals surface area (Å²) in [5, 5.41) is 3.16. The van der Waals surface area contributed by atoms with Gasteiger partial charge in [0.05, 0.1) is 6.61 Å². The first-order chi connectivity index (χ1) is 9.70. The van der Waals surface area contributed by atoms with E-state index in [0.29, 0.717) is 12.6 Å². The van der Waals surface area contributed by atoms with Gasteiger partial charge in [0, 0.05) is 31.2 Å². The predicted molar refractivity (Wildman–Crippen MR) is 81.1 cm³/mol. The van der Waals surface area contributed by atoms with Gasteiger partial charge in [-0.05, 0) is 27.0 Å². The average molecular weight is 278 g/mol. The lowest BCUT2D eigenvalue weighted by Crippen LogP contribution is -2.47. The Morgan fingerprint density at radius 1 is 1.40 bits per heavy atom. The molecule has 0 aromatic heterocycles. The third-order valence-corrected chi connectivity index (χ3v) is 3.67. The van der Waals surface area contributed by atoms with Gasteiger partial charge in [0.25, 0.3) is 0 Å². The fraction of sp³-hybridized carbons (Fsp3) is 0.625. The molecule has 2 rings (SSSR count). The van der Waals surface area contributed by atoms with Crippen molar-refractivity contribution in [3.63, 3.8) is 0 Å². The Morgan fingerprint density at radius 3 is 2.95 bits per heavy atom. The number of benzene rings is 1. The van der Waals surface area contributed by atoms with E-state index in [4.69, 9.17) is 9.47 Å². The maximum atomic E-state index is 5.97. The Morgan fingerprint density at radius 2 is 2.20 bits per heavy atom. The molecule has 1 N–H and O–H groups in total. The first-order valence-electron chi connectivity index (χ1n) is 7.41. The van der Waals surface area contributed by atoms with Crippen molar-refractivity contribution >= 4 is 0 Å². The molecule has 1 aromatic carbocycles. The number of hydrogen-bond donors (Lipinski definition) is 1. The Kier molecular flexibility index (Phi) is 5.83. The van der Waals surface area contributed by atoms with Crippen molar-refractivity contribution in [2.75, 3.05) is 33.4 Å². The van der Waals surface area contributed by atoms with E-state index in [-0.39, 0.29) is 6.10 Å². The molecule has 1 aliphatic rings. The zero-order chi connectivity index (χ0) is 14.4. The van der Waals surface area contributed by atoms with Crippen LogP contribution in [0, 0.1) is 0 Å². The van der Waals surface area contributed by atoms with Crippen LogP contribution in [0.25, 0.3) is 0 Å². The van der Waals surface area contributed by atoms with Crippen LogP contribution in [0.2, 0.25) is 0 Å². The van der Waals surface area contributed by atoms with Crippen LogP contribution >= 0.6 is 0 Å². The normalized spacial score (nSPS) is 20.3. The van der Waals surface area contributed by atoms with Crippen LogP contribution in [0.15, 0.2) is 24.3 Å². The van der Waals surface area contributed by atoms with Gasteiger partial charge in [0.15, 0.2) is 0 Å². The molecule has 1 aliphatic heterocycles. The van der Waals surface area contributed by atoms with Crippen LogP contribution in [-0.4, -0.2) is 50.4 Å². The average Bonchev–Trinajstić information content (AvgIpc) is 2.47. The largest absolute Gasteiger partial charge is 0.490 e. The Labute approximate surface area is 122 Å². The first kappa shape index (κ1) is 15.3. The fourth-order valence-corrected chi connectivity index (χ4v) is 2.48. The maximum absolute atomic E-state index is 5.97. The summed E-state index contributed by atoms with van der Waals surface area (Å²) in [4.78, 5) is 2.44. The minimum atomic E-state index is 0.161. The van der Waals surface area contributed by atoms with Crippen molar-refractivity contribution < 1.29 is 9.47 Å². The van der Waals surface area contributed by atoms with Gasteiger partial charge in [0.1, 0.15) is 18.5 Å². The molecule has 1 saturated heterocycles. The van der Waals surface area contributed by atoms with Gasteiger partial charge in [-0.25, -0.2) is 0 Å². The highest BCUT2D eigenvalue weighted by molar-refractivity contribution is 5.33. The minimum Gasteiger partial charge on any atom is -0.490 e. The topological polar surface area (TPSA) is 33.7 Å². The van der Waals surface area contributed by atoms with Crippen molar-refractivity contribution in [1.82, 2.24) is 10.2 Å². The Hall–Kier alpha value is -1.10. The molecule has 1 heterocycles. The van der Waals surface area contributed by atoms with E-state index in [0.717, 1.165) is 32.0 Å². The second-order valence-corrected chi connectivity index (χ2v) is 5.53. The van der Waals surface area contributed by atoms with E-state index in [1.54, 1.807) is 0 Å². The van der Waals surface area contributed by atoms with Crippen molar-refractivity contribution in [2.45, 2.75) is 32.5 Å². The van der Waals surface area contributed by atoms with E-state index in [2.05, 4.69) is 30.1 Å². The maximum Gasteiger partial charge on any atom is 0.123 e. The number of para-hydroxylation sites is 1. The number of morpholine rings is 1. The molecular weight excluding hydrogens is 252 g/mol. The lowest BCUT2D eigenvalue weighted by molar-refractivity contribution is -0.0565. The van der Waals surface area contributed by atoms with Crippen molar-refractivity contribution in [3.8, 4) is 5.75 Å². The number of rotatable bonds is 6. The molecule has 4 heteroatoms. The van der Waals surface area contributed by atoms with Crippen LogP contribution in [-0.2, 0) is 11.3 Å². The van der Waals surface area contributed by atoms with Gasteiger partial charge in [-0.3, -0.25) is 4.90 Å². The van der Waals surface area contributed by atoms with Crippen LogP contribution in [0.3, 0.4) is 0 Å². The van der Waals surface area contributed by atoms with Crippen LogP contribution in [0.4, 0.5) is 0 Å². The smallest absolute Gasteiger partial charge is 0.123 e. The molecule has 0 amide bonds. The highest BCUT2D eigenvalue weighted by atomic mass is 16.5.